The fraction of sp³-hybridized carbons (Fsp3) is 0.222. The number of esters is 1. The van der Waals surface area contributed by atoms with Gasteiger partial charge >= 0.3 is 5.97 Å². The van der Waals surface area contributed by atoms with Crippen molar-refractivity contribution in [3.8, 4) is 11.8 Å². The fourth-order valence-electron chi connectivity index (χ4n) is 2.28. The molecule has 0 N–H and O–H groups in total. The summed E-state index contributed by atoms with van der Waals surface area (Å²) in [5, 5.41) is 11.1. The van der Waals surface area contributed by atoms with E-state index in [2.05, 4.69) is 4.98 Å². The lowest BCUT2D eigenvalue weighted by molar-refractivity contribution is -0.144. The molecule has 7 nitrogen and oxygen atoms in total. The number of benzene rings is 1. The quantitative estimate of drug-likeness (QED) is 0.469. The number of ether oxygens (including phenoxy) is 2. The Hall–Kier alpha value is -3.18. The van der Waals surface area contributed by atoms with Crippen LogP contribution in [-0.2, 0) is 16.1 Å². The van der Waals surface area contributed by atoms with Gasteiger partial charge in [0.05, 0.1) is 29.8 Å². The van der Waals surface area contributed by atoms with E-state index in [1.807, 2.05) is 11.4 Å². The van der Waals surface area contributed by atoms with E-state index in [4.69, 9.17) is 14.7 Å². The third-order valence-corrected chi connectivity index (χ3v) is 4.43. The van der Waals surface area contributed by atoms with E-state index < -0.39 is 5.97 Å². The number of carbonyl (C=O) groups is 1. The standard InChI is InChI=1S/C18H15N3O4S/c19-11-13-1-3-14(4-2-13)24-8-9-25-16(22)5-7-21-12-20-17-15(18(21)23)6-10-26-17/h1-4,6,10,12H,5,7-9H2. The predicted molar refractivity (Wildman–Crippen MR) is 96.1 cm³/mol. The highest BCUT2D eigenvalue weighted by Crippen LogP contribution is 2.13. The van der Waals surface area contributed by atoms with Gasteiger partial charge in [0, 0.05) is 6.54 Å². The summed E-state index contributed by atoms with van der Waals surface area (Å²) < 4.78 is 11.9. The Kier molecular flexibility index (Phi) is 5.61. The van der Waals surface area contributed by atoms with Crippen LogP contribution < -0.4 is 10.3 Å². The lowest BCUT2D eigenvalue weighted by atomic mass is 10.2. The summed E-state index contributed by atoms with van der Waals surface area (Å²) in [6, 6.07) is 10.4. The molecule has 26 heavy (non-hydrogen) atoms. The van der Waals surface area contributed by atoms with Crippen molar-refractivity contribution < 1.29 is 14.3 Å². The molecule has 8 heteroatoms. The third-order valence-electron chi connectivity index (χ3n) is 3.61. The minimum Gasteiger partial charge on any atom is -0.490 e. The average molecular weight is 369 g/mol. The molecule has 0 saturated heterocycles. The Morgan fingerprint density at radius 2 is 2.04 bits per heavy atom. The van der Waals surface area contributed by atoms with Crippen molar-refractivity contribution in [2.75, 3.05) is 13.2 Å². The largest absolute Gasteiger partial charge is 0.490 e. The van der Waals surface area contributed by atoms with Crippen LogP contribution in [0.25, 0.3) is 10.2 Å². The van der Waals surface area contributed by atoms with Crippen molar-refractivity contribution in [3.63, 3.8) is 0 Å². The molecule has 0 saturated carbocycles. The van der Waals surface area contributed by atoms with Gasteiger partial charge < -0.3 is 9.47 Å². The van der Waals surface area contributed by atoms with Gasteiger partial charge in [0.15, 0.2) is 0 Å². The lowest BCUT2D eigenvalue weighted by Crippen LogP contribution is -2.22. The second kappa shape index (κ2) is 8.27. The van der Waals surface area contributed by atoms with Gasteiger partial charge in [-0.15, -0.1) is 11.3 Å². The minimum absolute atomic E-state index is 0.0775. The molecular formula is C18H15N3O4S. The lowest BCUT2D eigenvalue weighted by Gasteiger charge is -2.08. The van der Waals surface area contributed by atoms with Crippen LogP contribution in [-0.4, -0.2) is 28.7 Å². The van der Waals surface area contributed by atoms with E-state index in [0.717, 1.165) is 0 Å². The van der Waals surface area contributed by atoms with Gasteiger partial charge in [0.1, 0.15) is 23.8 Å². The van der Waals surface area contributed by atoms with Crippen LogP contribution in [0.4, 0.5) is 0 Å². The van der Waals surface area contributed by atoms with E-state index in [-0.39, 0.29) is 31.7 Å². The number of hydrogen-bond donors (Lipinski definition) is 0. The molecule has 132 valence electrons. The molecule has 0 fully saturated rings. The summed E-state index contributed by atoms with van der Waals surface area (Å²) in [5.41, 5.74) is 0.391. The molecular weight excluding hydrogens is 354 g/mol. The number of aromatic nitrogens is 2. The molecule has 0 amide bonds. The first-order valence-corrected chi connectivity index (χ1v) is 8.76. The van der Waals surface area contributed by atoms with Gasteiger partial charge in [-0.25, -0.2) is 4.98 Å². The second-order valence-electron chi connectivity index (χ2n) is 5.34. The van der Waals surface area contributed by atoms with Gasteiger partial charge in [0.2, 0.25) is 0 Å². The van der Waals surface area contributed by atoms with E-state index in [1.54, 1.807) is 30.3 Å². The summed E-state index contributed by atoms with van der Waals surface area (Å²) in [6.07, 6.45) is 1.52. The normalized spacial score (nSPS) is 10.4. The number of thiophene rings is 1. The highest BCUT2D eigenvalue weighted by atomic mass is 32.1. The maximum Gasteiger partial charge on any atom is 0.307 e. The Morgan fingerprint density at radius 3 is 2.81 bits per heavy atom. The van der Waals surface area contributed by atoms with Crippen LogP contribution in [0.5, 0.6) is 5.75 Å². The number of nitrogens with zero attached hydrogens (tertiary/aromatic N) is 3. The molecule has 1 aromatic carbocycles. The number of carbonyl (C=O) groups excluding carboxylic acids is 1. The number of rotatable bonds is 7. The van der Waals surface area contributed by atoms with Gasteiger partial charge in [-0.3, -0.25) is 14.2 Å². The van der Waals surface area contributed by atoms with E-state index in [0.29, 0.717) is 21.5 Å². The van der Waals surface area contributed by atoms with Crippen LogP contribution in [0.2, 0.25) is 0 Å². The second-order valence-corrected chi connectivity index (χ2v) is 6.23. The summed E-state index contributed by atoms with van der Waals surface area (Å²) in [4.78, 5) is 28.9. The zero-order valence-corrected chi connectivity index (χ0v) is 14.6. The molecule has 0 aliphatic rings. The molecule has 0 aliphatic carbocycles. The molecule has 0 spiro atoms. The summed E-state index contributed by atoms with van der Waals surface area (Å²) in [7, 11) is 0. The van der Waals surface area contributed by atoms with Crippen LogP contribution >= 0.6 is 11.3 Å². The summed E-state index contributed by atoms with van der Waals surface area (Å²) in [5.74, 6) is 0.187. The van der Waals surface area contributed by atoms with Crippen LogP contribution in [0.3, 0.4) is 0 Å². The first-order valence-electron chi connectivity index (χ1n) is 7.88. The first-order chi connectivity index (χ1) is 12.7. The van der Waals surface area contributed by atoms with Gasteiger partial charge in [0.25, 0.3) is 5.56 Å². The maximum atomic E-state index is 12.2. The van der Waals surface area contributed by atoms with Crippen LogP contribution in [0, 0.1) is 11.3 Å². The van der Waals surface area contributed by atoms with Crippen molar-refractivity contribution in [1.29, 1.82) is 5.26 Å². The van der Waals surface area contributed by atoms with Crippen molar-refractivity contribution in [1.82, 2.24) is 9.55 Å². The predicted octanol–water partition coefficient (Wildman–Crippen LogP) is 2.34. The Balaban J connectivity index is 1.41. The van der Waals surface area contributed by atoms with Gasteiger partial charge in [-0.1, -0.05) is 0 Å². The van der Waals surface area contributed by atoms with Crippen LogP contribution in [0.15, 0.2) is 46.8 Å². The molecule has 0 radical (unpaired) electrons. The Morgan fingerprint density at radius 1 is 1.23 bits per heavy atom. The number of nitriles is 1. The molecule has 0 atom stereocenters. The highest BCUT2D eigenvalue weighted by Gasteiger charge is 2.08. The maximum absolute atomic E-state index is 12.2. The monoisotopic (exact) mass is 369 g/mol. The third kappa shape index (κ3) is 4.26. The van der Waals surface area contributed by atoms with Crippen molar-refractivity contribution in [3.05, 3.63) is 58.0 Å². The summed E-state index contributed by atoms with van der Waals surface area (Å²) >= 11 is 1.40. The molecule has 3 aromatic rings. The minimum atomic E-state index is -0.411. The zero-order valence-electron chi connectivity index (χ0n) is 13.8. The molecule has 0 bridgehead atoms. The summed E-state index contributed by atoms with van der Waals surface area (Å²) in [6.45, 7) is 0.530. The molecule has 0 unspecified atom stereocenters. The van der Waals surface area contributed by atoms with Gasteiger partial charge in [-0.05, 0) is 35.7 Å². The first kappa shape index (κ1) is 17.6. The average Bonchev–Trinajstić information content (AvgIpc) is 3.15. The Labute approximate surface area is 153 Å². The Bertz CT molecular complexity index is 1000. The smallest absolute Gasteiger partial charge is 0.307 e. The molecule has 2 heterocycles. The highest BCUT2D eigenvalue weighted by molar-refractivity contribution is 7.16. The SMILES string of the molecule is N#Cc1ccc(OCCOC(=O)CCn2cnc3sccc3c2=O)cc1. The molecule has 0 aliphatic heterocycles. The van der Waals surface area contributed by atoms with Gasteiger partial charge in [-0.2, -0.15) is 5.26 Å². The van der Waals surface area contributed by atoms with Crippen molar-refractivity contribution >= 4 is 27.5 Å². The fourth-order valence-corrected chi connectivity index (χ4v) is 3.00. The zero-order chi connectivity index (χ0) is 18.4. The molecule has 3 rings (SSSR count). The van der Waals surface area contributed by atoms with E-state index in [9.17, 15) is 9.59 Å². The van der Waals surface area contributed by atoms with Crippen molar-refractivity contribution in [2.45, 2.75) is 13.0 Å². The topological polar surface area (TPSA) is 94.2 Å². The van der Waals surface area contributed by atoms with Crippen LogP contribution in [0.1, 0.15) is 12.0 Å². The number of fused-ring (bicyclic) bond motifs is 1. The number of aryl methyl sites for hydroxylation is 1. The van der Waals surface area contributed by atoms with E-state index in [1.165, 1.54) is 22.2 Å². The van der Waals surface area contributed by atoms with Crippen molar-refractivity contribution in [2.24, 2.45) is 0 Å². The molecule has 2 aromatic heterocycles. The van der Waals surface area contributed by atoms with E-state index >= 15 is 0 Å². The number of hydrogen-bond acceptors (Lipinski definition) is 7.